The van der Waals surface area contributed by atoms with Gasteiger partial charge in [-0.25, -0.2) is 0 Å². The Kier molecular flexibility index (Phi) is 5.14. The lowest BCUT2D eigenvalue weighted by Crippen LogP contribution is -2.30. The number of rotatable bonds is 6. The molecule has 0 spiro atoms. The molecule has 0 fully saturated rings. The molecule has 0 saturated carbocycles. The summed E-state index contributed by atoms with van der Waals surface area (Å²) in [6.45, 7) is 0. The SMILES string of the molecule is COc1ccccc1SCCC(N)C(=O)O. The lowest BCUT2D eigenvalue weighted by Gasteiger charge is -2.08. The second kappa shape index (κ2) is 6.40. The maximum atomic E-state index is 10.5. The molecule has 0 aromatic heterocycles. The van der Waals surface area contributed by atoms with Gasteiger partial charge < -0.3 is 15.6 Å². The first kappa shape index (κ1) is 12.9. The van der Waals surface area contributed by atoms with Crippen LogP contribution in [0.25, 0.3) is 0 Å². The van der Waals surface area contributed by atoms with E-state index in [2.05, 4.69) is 0 Å². The Balaban J connectivity index is 2.45. The summed E-state index contributed by atoms with van der Waals surface area (Å²) in [5.74, 6) is 0.505. The van der Waals surface area contributed by atoms with Gasteiger partial charge >= 0.3 is 5.97 Å². The van der Waals surface area contributed by atoms with Crippen molar-refractivity contribution in [3.63, 3.8) is 0 Å². The minimum Gasteiger partial charge on any atom is -0.496 e. The van der Waals surface area contributed by atoms with E-state index in [1.807, 2.05) is 24.3 Å². The van der Waals surface area contributed by atoms with E-state index in [9.17, 15) is 4.79 Å². The number of carboxylic acids is 1. The van der Waals surface area contributed by atoms with Gasteiger partial charge in [0.15, 0.2) is 0 Å². The van der Waals surface area contributed by atoms with Crippen LogP contribution in [0.5, 0.6) is 5.75 Å². The van der Waals surface area contributed by atoms with Crippen molar-refractivity contribution in [3.8, 4) is 5.75 Å². The van der Waals surface area contributed by atoms with Crippen LogP contribution in [-0.2, 0) is 4.79 Å². The van der Waals surface area contributed by atoms with Crippen molar-refractivity contribution >= 4 is 17.7 Å². The summed E-state index contributed by atoms with van der Waals surface area (Å²) in [5.41, 5.74) is 5.41. The topological polar surface area (TPSA) is 72.5 Å². The van der Waals surface area contributed by atoms with E-state index in [1.165, 1.54) is 0 Å². The van der Waals surface area contributed by atoms with E-state index in [1.54, 1.807) is 18.9 Å². The molecule has 0 aliphatic heterocycles. The maximum absolute atomic E-state index is 10.5. The van der Waals surface area contributed by atoms with Crippen molar-refractivity contribution in [2.75, 3.05) is 12.9 Å². The van der Waals surface area contributed by atoms with Gasteiger partial charge in [-0.2, -0.15) is 0 Å². The van der Waals surface area contributed by atoms with Gasteiger partial charge in [0.2, 0.25) is 0 Å². The van der Waals surface area contributed by atoms with Gasteiger partial charge in [-0.05, 0) is 18.6 Å². The Morgan fingerprint density at radius 2 is 2.25 bits per heavy atom. The van der Waals surface area contributed by atoms with Crippen LogP contribution in [-0.4, -0.2) is 30.0 Å². The smallest absolute Gasteiger partial charge is 0.320 e. The summed E-state index contributed by atoms with van der Waals surface area (Å²) in [7, 11) is 1.61. The summed E-state index contributed by atoms with van der Waals surface area (Å²) >= 11 is 1.55. The second-order valence-electron chi connectivity index (χ2n) is 3.23. The Morgan fingerprint density at radius 1 is 1.56 bits per heavy atom. The molecule has 1 unspecified atom stereocenters. The van der Waals surface area contributed by atoms with Gasteiger partial charge in [-0.1, -0.05) is 12.1 Å². The third kappa shape index (κ3) is 3.75. The molecule has 1 aromatic rings. The average molecular weight is 241 g/mol. The first-order valence-electron chi connectivity index (χ1n) is 4.89. The molecule has 0 bridgehead atoms. The average Bonchev–Trinajstić information content (AvgIpc) is 2.29. The third-order valence-electron chi connectivity index (χ3n) is 2.07. The highest BCUT2D eigenvalue weighted by Gasteiger charge is 2.11. The highest BCUT2D eigenvalue weighted by Crippen LogP contribution is 2.29. The zero-order chi connectivity index (χ0) is 12.0. The van der Waals surface area contributed by atoms with Crippen LogP contribution in [0.2, 0.25) is 0 Å². The van der Waals surface area contributed by atoms with Crippen LogP contribution in [0.15, 0.2) is 29.2 Å². The summed E-state index contributed by atoms with van der Waals surface area (Å²) < 4.78 is 5.18. The number of benzene rings is 1. The molecule has 0 radical (unpaired) electrons. The molecule has 0 aliphatic rings. The molecule has 0 aliphatic carbocycles. The lowest BCUT2D eigenvalue weighted by atomic mass is 10.2. The van der Waals surface area contributed by atoms with Gasteiger partial charge in [0.1, 0.15) is 11.8 Å². The van der Waals surface area contributed by atoms with Crippen molar-refractivity contribution in [3.05, 3.63) is 24.3 Å². The van der Waals surface area contributed by atoms with Crippen molar-refractivity contribution in [1.82, 2.24) is 0 Å². The minimum absolute atomic E-state index is 0.443. The van der Waals surface area contributed by atoms with Crippen LogP contribution >= 0.6 is 11.8 Å². The molecule has 3 N–H and O–H groups in total. The molecule has 1 atom stereocenters. The summed E-state index contributed by atoms with van der Waals surface area (Å²) in [6.07, 6.45) is 0.443. The Labute approximate surface area is 98.8 Å². The van der Waals surface area contributed by atoms with Crippen LogP contribution in [0.1, 0.15) is 6.42 Å². The lowest BCUT2D eigenvalue weighted by molar-refractivity contribution is -0.138. The molecule has 0 saturated heterocycles. The molecule has 0 heterocycles. The van der Waals surface area contributed by atoms with E-state index in [-0.39, 0.29) is 0 Å². The van der Waals surface area contributed by atoms with Crippen molar-refractivity contribution in [2.24, 2.45) is 5.73 Å². The molecule has 88 valence electrons. The highest BCUT2D eigenvalue weighted by molar-refractivity contribution is 7.99. The van der Waals surface area contributed by atoms with Gasteiger partial charge in [0, 0.05) is 10.6 Å². The molecule has 0 amide bonds. The second-order valence-corrected chi connectivity index (χ2v) is 4.37. The number of thioether (sulfide) groups is 1. The Morgan fingerprint density at radius 3 is 2.88 bits per heavy atom. The Hall–Kier alpha value is -1.20. The third-order valence-corrected chi connectivity index (χ3v) is 3.16. The number of hydrogen-bond acceptors (Lipinski definition) is 4. The highest BCUT2D eigenvalue weighted by atomic mass is 32.2. The van der Waals surface area contributed by atoms with Gasteiger partial charge in [-0.3, -0.25) is 4.79 Å². The minimum atomic E-state index is -0.958. The fraction of sp³-hybridized carbons (Fsp3) is 0.364. The predicted octanol–water partition coefficient (Wildman–Crippen LogP) is 1.59. The largest absolute Gasteiger partial charge is 0.496 e. The predicted molar refractivity (Wildman–Crippen MR) is 63.9 cm³/mol. The first-order chi connectivity index (χ1) is 7.65. The molecule has 1 rings (SSSR count). The number of para-hydroxylation sites is 1. The number of nitrogens with two attached hydrogens (primary N) is 1. The number of hydrogen-bond donors (Lipinski definition) is 2. The Bertz CT molecular complexity index is 357. The molecule has 1 aromatic carbocycles. The number of carboxylic acid groups (broad SMARTS) is 1. The molecular formula is C11H15NO3S. The number of methoxy groups -OCH3 is 1. The van der Waals surface area contributed by atoms with Crippen LogP contribution in [0.4, 0.5) is 0 Å². The summed E-state index contributed by atoms with van der Waals surface area (Å²) in [6, 6.07) is 6.84. The van der Waals surface area contributed by atoms with E-state index >= 15 is 0 Å². The molecular weight excluding hydrogens is 226 g/mol. The van der Waals surface area contributed by atoms with E-state index < -0.39 is 12.0 Å². The van der Waals surface area contributed by atoms with E-state index in [4.69, 9.17) is 15.6 Å². The van der Waals surface area contributed by atoms with Crippen LogP contribution in [0, 0.1) is 0 Å². The number of aliphatic carboxylic acids is 1. The van der Waals surface area contributed by atoms with Crippen molar-refractivity contribution in [2.45, 2.75) is 17.4 Å². The monoisotopic (exact) mass is 241 g/mol. The van der Waals surface area contributed by atoms with Gasteiger partial charge in [0.05, 0.1) is 7.11 Å². The van der Waals surface area contributed by atoms with Crippen LogP contribution in [0.3, 0.4) is 0 Å². The van der Waals surface area contributed by atoms with Crippen molar-refractivity contribution < 1.29 is 14.6 Å². The summed E-state index contributed by atoms with van der Waals surface area (Å²) in [4.78, 5) is 11.5. The normalized spacial score (nSPS) is 12.1. The zero-order valence-corrected chi connectivity index (χ0v) is 9.87. The fourth-order valence-electron chi connectivity index (χ4n) is 1.16. The fourth-order valence-corrected chi connectivity index (χ4v) is 2.22. The summed E-state index contributed by atoms with van der Waals surface area (Å²) in [5, 5.41) is 8.62. The van der Waals surface area contributed by atoms with Gasteiger partial charge in [-0.15, -0.1) is 11.8 Å². The maximum Gasteiger partial charge on any atom is 0.320 e. The van der Waals surface area contributed by atoms with Gasteiger partial charge in [0.25, 0.3) is 0 Å². The molecule has 4 nitrogen and oxygen atoms in total. The van der Waals surface area contributed by atoms with E-state index in [0.29, 0.717) is 12.2 Å². The first-order valence-corrected chi connectivity index (χ1v) is 5.88. The number of carbonyl (C=O) groups is 1. The standard InChI is InChI=1S/C11H15NO3S/c1-15-9-4-2-3-5-10(9)16-7-6-8(12)11(13)14/h2-5,8H,6-7,12H2,1H3,(H,13,14). The van der Waals surface area contributed by atoms with Crippen molar-refractivity contribution in [1.29, 1.82) is 0 Å². The molecule has 16 heavy (non-hydrogen) atoms. The number of ether oxygens (including phenoxy) is 1. The zero-order valence-electron chi connectivity index (χ0n) is 9.05. The molecule has 5 heteroatoms. The van der Waals surface area contributed by atoms with Crippen LogP contribution < -0.4 is 10.5 Å². The van der Waals surface area contributed by atoms with E-state index in [0.717, 1.165) is 10.6 Å². The quantitative estimate of drug-likeness (QED) is 0.740.